The molecule has 3 aromatic rings. The number of fused-ring (bicyclic) bond motifs is 1. The zero-order valence-electron chi connectivity index (χ0n) is 16.5. The molecule has 0 saturated carbocycles. The van der Waals surface area contributed by atoms with Crippen molar-refractivity contribution in [1.82, 2.24) is 14.9 Å². The fourth-order valence-electron chi connectivity index (χ4n) is 3.54. The van der Waals surface area contributed by atoms with Crippen molar-refractivity contribution in [2.75, 3.05) is 16.8 Å². The standard InChI is InChI=1S/C21H23N5O3/c1-14-6-3-4-7-16(14)17-13-19(29-24-17)22-18(27)8-9-21(28)25-10-5-11-26-20(25)12-15(2)23-26/h3-4,6-7,12-13H,5,8-11H2,1-2H3,(H,22,27). The van der Waals surface area contributed by atoms with Crippen molar-refractivity contribution in [3.8, 4) is 11.3 Å². The number of aromatic nitrogens is 3. The highest BCUT2D eigenvalue weighted by molar-refractivity contribution is 5.97. The third kappa shape index (κ3) is 4.06. The Bertz CT molecular complexity index is 1050. The number of nitrogens with one attached hydrogen (secondary N) is 1. The lowest BCUT2D eigenvalue weighted by atomic mass is 10.1. The Hall–Kier alpha value is -3.42. The lowest BCUT2D eigenvalue weighted by Crippen LogP contribution is -2.37. The number of anilines is 2. The predicted molar refractivity (Wildman–Crippen MR) is 108 cm³/mol. The summed E-state index contributed by atoms with van der Waals surface area (Å²) in [4.78, 5) is 26.6. The Balaban J connectivity index is 1.34. The van der Waals surface area contributed by atoms with E-state index >= 15 is 0 Å². The van der Waals surface area contributed by atoms with Crippen LogP contribution in [0.4, 0.5) is 11.7 Å². The molecule has 1 N–H and O–H groups in total. The Morgan fingerprint density at radius 3 is 2.79 bits per heavy atom. The molecular weight excluding hydrogens is 370 g/mol. The SMILES string of the molecule is Cc1cc2n(n1)CCCN2C(=O)CCC(=O)Nc1cc(-c2ccccc2C)no1. The summed E-state index contributed by atoms with van der Waals surface area (Å²) in [6, 6.07) is 11.4. The highest BCUT2D eigenvalue weighted by Crippen LogP contribution is 2.25. The molecule has 0 unspecified atom stereocenters. The number of amides is 2. The first-order valence-electron chi connectivity index (χ1n) is 9.68. The molecule has 1 aromatic carbocycles. The Morgan fingerprint density at radius 2 is 1.97 bits per heavy atom. The van der Waals surface area contributed by atoms with Crippen molar-refractivity contribution >= 4 is 23.5 Å². The number of benzene rings is 1. The number of hydrogen-bond donors (Lipinski definition) is 1. The molecule has 8 nitrogen and oxygen atoms in total. The number of nitrogens with zero attached hydrogens (tertiary/aromatic N) is 4. The summed E-state index contributed by atoms with van der Waals surface area (Å²) in [5.74, 6) is 0.705. The summed E-state index contributed by atoms with van der Waals surface area (Å²) in [7, 11) is 0. The van der Waals surface area contributed by atoms with Crippen molar-refractivity contribution in [3.63, 3.8) is 0 Å². The maximum absolute atomic E-state index is 12.6. The van der Waals surface area contributed by atoms with Crippen molar-refractivity contribution in [2.45, 2.75) is 39.7 Å². The summed E-state index contributed by atoms with van der Waals surface area (Å²) in [6.45, 7) is 5.35. The van der Waals surface area contributed by atoms with Gasteiger partial charge < -0.3 is 4.52 Å². The minimum Gasteiger partial charge on any atom is -0.338 e. The van der Waals surface area contributed by atoms with E-state index < -0.39 is 0 Å². The molecule has 8 heteroatoms. The highest BCUT2D eigenvalue weighted by Gasteiger charge is 2.24. The van der Waals surface area contributed by atoms with Gasteiger partial charge in [0.2, 0.25) is 17.7 Å². The minimum atomic E-state index is -0.285. The zero-order valence-corrected chi connectivity index (χ0v) is 16.5. The number of carbonyl (C=O) groups is 2. The monoisotopic (exact) mass is 393 g/mol. The van der Waals surface area contributed by atoms with E-state index in [-0.39, 0.29) is 30.5 Å². The second kappa shape index (κ2) is 7.90. The number of rotatable bonds is 5. The molecule has 0 spiro atoms. The average molecular weight is 393 g/mol. The number of hydrogen-bond acceptors (Lipinski definition) is 5. The molecule has 2 amide bonds. The van der Waals surface area contributed by atoms with Gasteiger partial charge in [-0.05, 0) is 25.8 Å². The lowest BCUT2D eigenvalue weighted by molar-refractivity contribution is -0.122. The maximum atomic E-state index is 12.6. The molecular formula is C21H23N5O3. The van der Waals surface area contributed by atoms with E-state index in [1.54, 1.807) is 11.0 Å². The molecule has 0 fully saturated rings. The molecule has 0 bridgehead atoms. The van der Waals surface area contributed by atoms with Crippen LogP contribution in [0.2, 0.25) is 0 Å². The highest BCUT2D eigenvalue weighted by atomic mass is 16.5. The topological polar surface area (TPSA) is 93.3 Å². The molecule has 3 heterocycles. The van der Waals surface area contributed by atoms with Crippen molar-refractivity contribution in [2.24, 2.45) is 0 Å². The molecule has 4 rings (SSSR count). The van der Waals surface area contributed by atoms with Gasteiger partial charge in [0.05, 0.1) is 5.69 Å². The molecule has 2 aromatic heterocycles. The molecule has 1 aliphatic heterocycles. The summed E-state index contributed by atoms with van der Waals surface area (Å²) in [5, 5.41) is 11.1. The second-order valence-corrected chi connectivity index (χ2v) is 7.21. The van der Waals surface area contributed by atoms with Crippen LogP contribution in [0.25, 0.3) is 11.3 Å². The van der Waals surface area contributed by atoms with Crippen LogP contribution in [0.3, 0.4) is 0 Å². The van der Waals surface area contributed by atoms with Gasteiger partial charge >= 0.3 is 0 Å². The van der Waals surface area contributed by atoms with Gasteiger partial charge in [-0.25, -0.2) is 4.68 Å². The fraction of sp³-hybridized carbons (Fsp3) is 0.333. The zero-order chi connectivity index (χ0) is 20.4. The normalized spacial score (nSPS) is 13.2. The van der Waals surface area contributed by atoms with E-state index in [1.165, 1.54) is 0 Å². The van der Waals surface area contributed by atoms with Gasteiger partial charge in [0.1, 0.15) is 11.5 Å². The van der Waals surface area contributed by atoms with Gasteiger partial charge in [0.25, 0.3) is 0 Å². The van der Waals surface area contributed by atoms with Crippen LogP contribution < -0.4 is 10.2 Å². The van der Waals surface area contributed by atoms with E-state index in [2.05, 4.69) is 15.6 Å². The summed E-state index contributed by atoms with van der Waals surface area (Å²) in [6.07, 6.45) is 1.05. The summed E-state index contributed by atoms with van der Waals surface area (Å²) < 4.78 is 7.07. The van der Waals surface area contributed by atoms with Gasteiger partial charge in [-0.15, -0.1) is 0 Å². The van der Waals surface area contributed by atoms with Crippen LogP contribution in [-0.2, 0) is 16.1 Å². The van der Waals surface area contributed by atoms with E-state index in [0.29, 0.717) is 12.2 Å². The number of carbonyl (C=O) groups excluding carboxylic acids is 2. The van der Waals surface area contributed by atoms with E-state index in [1.807, 2.05) is 48.9 Å². The molecule has 0 aliphatic carbocycles. The van der Waals surface area contributed by atoms with Crippen LogP contribution in [0.5, 0.6) is 0 Å². The maximum Gasteiger partial charge on any atom is 0.231 e. The lowest BCUT2D eigenvalue weighted by Gasteiger charge is -2.27. The third-order valence-electron chi connectivity index (χ3n) is 4.97. The average Bonchev–Trinajstić information content (AvgIpc) is 3.31. The van der Waals surface area contributed by atoms with Crippen molar-refractivity contribution in [1.29, 1.82) is 0 Å². The van der Waals surface area contributed by atoms with Crippen LogP contribution in [0.15, 0.2) is 40.9 Å². The Labute approximate surface area is 168 Å². The minimum absolute atomic E-state index is 0.0723. The third-order valence-corrected chi connectivity index (χ3v) is 4.97. The van der Waals surface area contributed by atoms with Crippen LogP contribution in [-0.4, -0.2) is 33.3 Å². The van der Waals surface area contributed by atoms with Gasteiger partial charge in [0.15, 0.2) is 0 Å². The molecule has 150 valence electrons. The molecule has 29 heavy (non-hydrogen) atoms. The quantitative estimate of drug-likeness (QED) is 0.718. The Morgan fingerprint density at radius 1 is 1.14 bits per heavy atom. The number of aryl methyl sites for hydroxylation is 3. The summed E-state index contributed by atoms with van der Waals surface area (Å²) >= 11 is 0. The first kappa shape index (κ1) is 18.9. The van der Waals surface area contributed by atoms with Gasteiger partial charge in [-0.1, -0.05) is 29.4 Å². The van der Waals surface area contributed by atoms with Crippen LogP contribution >= 0.6 is 0 Å². The van der Waals surface area contributed by atoms with Crippen molar-refractivity contribution < 1.29 is 14.1 Å². The molecule has 0 saturated heterocycles. The van der Waals surface area contributed by atoms with E-state index in [4.69, 9.17) is 4.52 Å². The van der Waals surface area contributed by atoms with Gasteiger partial charge in [0, 0.05) is 43.6 Å². The summed E-state index contributed by atoms with van der Waals surface area (Å²) in [5.41, 5.74) is 3.56. The molecule has 0 radical (unpaired) electrons. The van der Waals surface area contributed by atoms with E-state index in [9.17, 15) is 9.59 Å². The Kier molecular flexibility index (Phi) is 5.16. The van der Waals surface area contributed by atoms with Crippen LogP contribution in [0.1, 0.15) is 30.5 Å². The first-order valence-corrected chi connectivity index (χ1v) is 9.68. The fourth-order valence-corrected chi connectivity index (χ4v) is 3.54. The molecule has 0 atom stereocenters. The second-order valence-electron chi connectivity index (χ2n) is 7.21. The van der Waals surface area contributed by atoms with E-state index in [0.717, 1.165) is 35.6 Å². The molecule has 1 aliphatic rings. The van der Waals surface area contributed by atoms with Gasteiger partial charge in [-0.3, -0.25) is 19.8 Å². The first-order chi connectivity index (χ1) is 14.0. The van der Waals surface area contributed by atoms with Crippen molar-refractivity contribution in [3.05, 3.63) is 47.7 Å². The van der Waals surface area contributed by atoms with Gasteiger partial charge in [-0.2, -0.15) is 5.10 Å². The largest absolute Gasteiger partial charge is 0.338 e. The smallest absolute Gasteiger partial charge is 0.231 e. The predicted octanol–water partition coefficient (Wildman–Crippen LogP) is 3.31. The van der Waals surface area contributed by atoms with Crippen LogP contribution in [0, 0.1) is 13.8 Å².